The summed E-state index contributed by atoms with van der Waals surface area (Å²) >= 11 is 0. The van der Waals surface area contributed by atoms with Gasteiger partial charge in [-0.05, 0) is 43.9 Å². The van der Waals surface area contributed by atoms with Crippen molar-refractivity contribution in [2.45, 2.75) is 52.0 Å². The summed E-state index contributed by atoms with van der Waals surface area (Å²) in [6, 6.07) is 10.0. The molecule has 4 rings (SSSR count). The van der Waals surface area contributed by atoms with Gasteiger partial charge in [-0.3, -0.25) is 9.48 Å². The quantitative estimate of drug-likeness (QED) is 0.762. The third kappa shape index (κ3) is 3.36. The first-order chi connectivity index (χ1) is 13.1. The van der Waals surface area contributed by atoms with Crippen molar-refractivity contribution in [1.82, 2.24) is 24.6 Å². The predicted molar refractivity (Wildman–Crippen MR) is 106 cm³/mol. The lowest BCUT2D eigenvalue weighted by molar-refractivity contribution is 0.0692. The predicted octanol–water partition coefficient (Wildman–Crippen LogP) is 3.92. The molecule has 6 nitrogen and oxygen atoms in total. The number of nitrogens with one attached hydrogen (secondary N) is 1. The summed E-state index contributed by atoms with van der Waals surface area (Å²) in [7, 11) is 0. The summed E-state index contributed by atoms with van der Waals surface area (Å²) in [6.07, 6.45) is 2.04. The number of hydrogen-bond donors (Lipinski definition) is 1. The zero-order valence-electron chi connectivity index (χ0n) is 16.3. The lowest BCUT2D eigenvalue weighted by Crippen LogP contribution is -2.40. The van der Waals surface area contributed by atoms with E-state index in [-0.39, 0.29) is 11.8 Å². The molecule has 142 valence electrons. The molecular weight excluding hydrogens is 338 g/mol. The fourth-order valence-electron chi connectivity index (χ4n) is 3.84. The molecule has 1 N–H and O–H groups in total. The smallest absolute Gasteiger partial charge is 0.272 e. The molecule has 0 radical (unpaired) electrons. The van der Waals surface area contributed by atoms with Gasteiger partial charge in [0.25, 0.3) is 5.91 Å². The molecule has 1 unspecified atom stereocenters. The standard InChI is InChI=1S/C21H27N5O/c1-4-26-19(12-18(24-26)14(2)3)21(27)25-11-7-8-15(13-25)20-22-16-9-5-6-10-17(16)23-20/h5-6,9-10,12,14-15H,4,7-8,11,13H2,1-3H3,(H,22,23). The minimum Gasteiger partial charge on any atom is -0.342 e. The van der Waals surface area contributed by atoms with Crippen molar-refractivity contribution < 1.29 is 4.79 Å². The Kier molecular flexibility index (Phi) is 4.72. The highest BCUT2D eigenvalue weighted by Gasteiger charge is 2.29. The van der Waals surface area contributed by atoms with Crippen LogP contribution in [0.2, 0.25) is 0 Å². The van der Waals surface area contributed by atoms with Gasteiger partial charge in [-0.2, -0.15) is 5.10 Å². The molecule has 1 amide bonds. The molecule has 1 aliphatic rings. The van der Waals surface area contributed by atoms with Crippen molar-refractivity contribution in [3.8, 4) is 0 Å². The number of imidazole rings is 1. The summed E-state index contributed by atoms with van der Waals surface area (Å²) in [6.45, 7) is 8.44. The number of H-pyrrole nitrogens is 1. The van der Waals surface area contributed by atoms with Gasteiger partial charge in [-0.25, -0.2) is 4.98 Å². The minimum atomic E-state index is 0.0806. The van der Waals surface area contributed by atoms with Crippen LogP contribution in [0.15, 0.2) is 30.3 Å². The van der Waals surface area contributed by atoms with Crippen molar-refractivity contribution in [2.75, 3.05) is 13.1 Å². The highest BCUT2D eigenvalue weighted by Crippen LogP contribution is 2.28. The maximum atomic E-state index is 13.2. The van der Waals surface area contributed by atoms with Crippen molar-refractivity contribution >= 4 is 16.9 Å². The van der Waals surface area contributed by atoms with E-state index >= 15 is 0 Å². The summed E-state index contributed by atoms with van der Waals surface area (Å²) in [5.41, 5.74) is 3.72. The fourth-order valence-corrected chi connectivity index (χ4v) is 3.84. The van der Waals surface area contributed by atoms with E-state index in [4.69, 9.17) is 4.98 Å². The molecule has 1 atom stereocenters. The molecule has 27 heavy (non-hydrogen) atoms. The number of aromatic nitrogens is 4. The van der Waals surface area contributed by atoms with E-state index in [0.717, 1.165) is 41.9 Å². The van der Waals surface area contributed by atoms with E-state index < -0.39 is 0 Å². The van der Waals surface area contributed by atoms with Gasteiger partial charge in [0.15, 0.2) is 0 Å². The molecular formula is C21H27N5O. The normalized spacial score (nSPS) is 17.8. The summed E-state index contributed by atoms with van der Waals surface area (Å²) < 4.78 is 1.84. The van der Waals surface area contributed by atoms with Crippen molar-refractivity contribution in [3.63, 3.8) is 0 Å². The Bertz CT molecular complexity index is 922. The number of carbonyl (C=O) groups is 1. The number of nitrogens with zero attached hydrogens (tertiary/aromatic N) is 4. The molecule has 1 fully saturated rings. The van der Waals surface area contributed by atoms with Crippen molar-refractivity contribution in [2.24, 2.45) is 0 Å². The van der Waals surface area contributed by atoms with E-state index in [2.05, 4.69) is 23.9 Å². The second-order valence-electron chi connectivity index (χ2n) is 7.65. The number of rotatable bonds is 4. The molecule has 0 aliphatic carbocycles. The monoisotopic (exact) mass is 365 g/mol. The van der Waals surface area contributed by atoms with Crippen LogP contribution >= 0.6 is 0 Å². The molecule has 1 aromatic carbocycles. The number of amides is 1. The Morgan fingerprint density at radius 3 is 2.89 bits per heavy atom. The van der Waals surface area contributed by atoms with E-state index in [1.807, 2.05) is 46.8 Å². The third-order valence-electron chi connectivity index (χ3n) is 5.41. The number of piperidine rings is 1. The Labute approximate surface area is 159 Å². The first kappa shape index (κ1) is 17.8. The lowest BCUT2D eigenvalue weighted by atomic mass is 9.97. The number of likely N-dealkylation sites (tertiary alicyclic amines) is 1. The van der Waals surface area contributed by atoms with Crippen LogP contribution in [0.5, 0.6) is 0 Å². The molecule has 3 aromatic rings. The number of para-hydroxylation sites is 2. The maximum Gasteiger partial charge on any atom is 0.272 e. The molecule has 1 aliphatic heterocycles. The van der Waals surface area contributed by atoms with Crippen LogP contribution in [0, 0.1) is 0 Å². The lowest BCUT2D eigenvalue weighted by Gasteiger charge is -2.31. The molecule has 0 saturated carbocycles. The number of fused-ring (bicyclic) bond motifs is 1. The average Bonchev–Trinajstić information content (AvgIpc) is 3.31. The number of carbonyl (C=O) groups excluding carboxylic acids is 1. The van der Waals surface area contributed by atoms with E-state index in [9.17, 15) is 4.79 Å². The van der Waals surface area contributed by atoms with Gasteiger partial charge in [0.1, 0.15) is 11.5 Å². The van der Waals surface area contributed by atoms with E-state index in [1.165, 1.54) is 0 Å². The first-order valence-corrected chi connectivity index (χ1v) is 9.88. The van der Waals surface area contributed by atoms with Gasteiger partial charge in [0.05, 0.1) is 16.7 Å². The second-order valence-corrected chi connectivity index (χ2v) is 7.65. The van der Waals surface area contributed by atoms with Crippen LogP contribution in [0.25, 0.3) is 11.0 Å². The van der Waals surface area contributed by atoms with Crippen LogP contribution < -0.4 is 0 Å². The Hall–Kier alpha value is -2.63. The average molecular weight is 365 g/mol. The highest BCUT2D eigenvalue weighted by atomic mass is 16.2. The van der Waals surface area contributed by atoms with Crippen molar-refractivity contribution in [3.05, 3.63) is 47.5 Å². The van der Waals surface area contributed by atoms with Gasteiger partial charge in [0.2, 0.25) is 0 Å². The number of aromatic amines is 1. The molecule has 2 aromatic heterocycles. The minimum absolute atomic E-state index is 0.0806. The molecule has 1 saturated heterocycles. The highest BCUT2D eigenvalue weighted by molar-refractivity contribution is 5.93. The van der Waals surface area contributed by atoms with Gasteiger partial charge < -0.3 is 9.88 Å². The Morgan fingerprint density at radius 2 is 2.15 bits per heavy atom. The molecule has 0 spiro atoms. The van der Waals surface area contributed by atoms with Crippen LogP contribution in [-0.2, 0) is 6.54 Å². The Morgan fingerprint density at radius 1 is 1.33 bits per heavy atom. The van der Waals surface area contributed by atoms with Crippen LogP contribution in [0.3, 0.4) is 0 Å². The topological polar surface area (TPSA) is 66.8 Å². The van der Waals surface area contributed by atoms with Crippen molar-refractivity contribution in [1.29, 1.82) is 0 Å². The van der Waals surface area contributed by atoms with Gasteiger partial charge in [-0.1, -0.05) is 26.0 Å². The summed E-state index contributed by atoms with van der Waals surface area (Å²) in [5, 5.41) is 4.60. The summed E-state index contributed by atoms with van der Waals surface area (Å²) in [4.78, 5) is 23.4. The summed E-state index contributed by atoms with van der Waals surface area (Å²) in [5.74, 6) is 1.63. The molecule has 3 heterocycles. The van der Waals surface area contributed by atoms with Crippen LogP contribution in [0.1, 0.15) is 67.5 Å². The first-order valence-electron chi connectivity index (χ1n) is 9.88. The van der Waals surface area contributed by atoms with Gasteiger partial charge in [-0.15, -0.1) is 0 Å². The number of aryl methyl sites for hydroxylation is 1. The SMILES string of the molecule is CCn1nc(C(C)C)cc1C(=O)N1CCCC(c2nc3ccccc3[nH]2)C1. The largest absolute Gasteiger partial charge is 0.342 e. The van der Waals surface area contributed by atoms with E-state index in [0.29, 0.717) is 24.7 Å². The maximum absolute atomic E-state index is 13.2. The zero-order chi connectivity index (χ0) is 19.0. The van der Waals surface area contributed by atoms with E-state index in [1.54, 1.807) is 0 Å². The fraction of sp³-hybridized carbons (Fsp3) is 0.476. The van der Waals surface area contributed by atoms with Gasteiger partial charge >= 0.3 is 0 Å². The van der Waals surface area contributed by atoms with Crippen LogP contribution in [0.4, 0.5) is 0 Å². The number of benzene rings is 1. The van der Waals surface area contributed by atoms with Crippen LogP contribution in [-0.4, -0.2) is 43.6 Å². The Balaban J connectivity index is 1.56. The molecule has 0 bridgehead atoms. The second kappa shape index (κ2) is 7.18. The number of hydrogen-bond acceptors (Lipinski definition) is 3. The third-order valence-corrected chi connectivity index (χ3v) is 5.41. The zero-order valence-corrected chi connectivity index (χ0v) is 16.3. The van der Waals surface area contributed by atoms with Gasteiger partial charge in [0, 0.05) is 25.6 Å². The molecule has 6 heteroatoms.